The third kappa shape index (κ3) is 7.52. The van der Waals surface area contributed by atoms with Gasteiger partial charge in [0, 0.05) is 13.3 Å². The monoisotopic (exact) mass is 336 g/mol. The van der Waals surface area contributed by atoms with Crippen LogP contribution in [-0.2, 0) is 4.79 Å². The Morgan fingerprint density at radius 2 is 1.92 bits per heavy atom. The van der Waals surface area contributed by atoms with E-state index in [-0.39, 0.29) is 5.91 Å². The highest BCUT2D eigenvalue weighted by Gasteiger charge is 2.36. The molecule has 1 aliphatic heterocycles. The van der Waals surface area contributed by atoms with E-state index in [2.05, 4.69) is 49.0 Å². The van der Waals surface area contributed by atoms with Crippen molar-refractivity contribution >= 4 is 5.91 Å². The summed E-state index contributed by atoms with van der Waals surface area (Å²) in [4.78, 5) is 11.1. The van der Waals surface area contributed by atoms with Crippen molar-refractivity contribution in [2.24, 2.45) is 0 Å². The van der Waals surface area contributed by atoms with Crippen molar-refractivity contribution in [1.29, 1.82) is 0 Å². The number of unbranched alkanes of at least 4 members (excludes halogenated alkanes) is 6. The first-order chi connectivity index (χ1) is 11.6. The predicted octanol–water partition coefficient (Wildman–Crippen LogP) is 4.06. The molecule has 0 fully saturated rings. The van der Waals surface area contributed by atoms with Gasteiger partial charge in [0.2, 0.25) is 5.91 Å². The van der Waals surface area contributed by atoms with Crippen LogP contribution >= 0.6 is 0 Å². The summed E-state index contributed by atoms with van der Waals surface area (Å²) in [5, 5.41) is 6.47. The molecule has 0 aromatic heterocycles. The van der Waals surface area contributed by atoms with Crippen LogP contribution in [0.3, 0.4) is 0 Å². The number of amides is 1. The molecule has 0 saturated heterocycles. The van der Waals surface area contributed by atoms with Crippen LogP contribution in [0.1, 0.15) is 72.1 Å². The largest absolute Gasteiger partial charge is 0.351 e. The van der Waals surface area contributed by atoms with Gasteiger partial charge < -0.3 is 10.6 Å². The SMILES string of the molecule is C/C=C/CCCCCCCCC1NC=C[N+]1(CC)CCNC(C)=O. The van der Waals surface area contributed by atoms with Gasteiger partial charge in [-0.05, 0) is 33.1 Å². The normalized spacial score (nSPS) is 22.9. The minimum absolute atomic E-state index is 0.0615. The van der Waals surface area contributed by atoms with Gasteiger partial charge in [0.1, 0.15) is 12.7 Å². The summed E-state index contributed by atoms with van der Waals surface area (Å²) in [6.07, 6.45) is 19.7. The lowest BCUT2D eigenvalue weighted by Crippen LogP contribution is -2.55. The molecule has 0 saturated carbocycles. The zero-order valence-electron chi connectivity index (χ0n) is 16.0. The number of carbonyl (C=O) groups excluding carboxylic acids is 1. The second-order valence-corrected chi connectivity index (χ2v) is 6.89. The number of quaternary nitrogens is 1. The molecule has 138 valence electrons. The third-order valence-electron chi connectivity index (χ3n) is 5.11. The highest BCUT2D eigenvalue weighted by Crippen LogP contribution is 2.22. The standard InChI is InChI=1S/C20H37N3O/c1-4-6-7-8-9-10-11-12-13-14-20-22-16-18-23(20,5-2)17-15-21-19(3)24/h4,6,16,18,20,22H,5,7-15,17H2,1-3H3/p+1/b6-4+. The molecule has 0 radical (unpaired) electrons. The van der Waals surface area contributed by atoms with Crippen LogP contribution in [0.2, 0.25) is 0 Å². The van der Waals surface area contributed by atoms with Gasteiger partial charge in [0.25, 0.3) is 0 Å². The molecule has 4 heteroatoms. The summed E-state index contributed by atoms with van der Waals surface area (Å²) in [7, 11) is 0. The average Bonchev–Trinajstić information content (AvgIpc) is 2.96. The van der Waals surface area contributed by atoms with Crippen LogP contribution in [0, 0.1) is 0 Å². The molecule has 0 aromatic carbocycles. The first kappa shape index (κ1) is 20.8. The summed E-state index contributed by atoms with van der Waals surface area (Å²) in [5.41, 5.74) is 0. The quantitative estimate of drug-likeness (QED) is 0.302. The van der Waals surface area contributed by atoms with Gasteiger partial charge in [0.15, 0.2) is 6.17 Å². The molecule has 1 aliphatic rings. The molecular formula is C20H38N3O+. The summed E-state index contributed by atoms with van der Waals surface area (Å²) in [6, 6.07) is 0. The number of carbonyl (C=O) groups is 1. The predicted molar refractivity (Wildman–Crippen MR) is 102 cm³/mol. The van der Waals surface area contributed by atoms with Gasteiger partial charge in [-0.1, -0.05) is 37.8 Å². The van der Waals surface area contributed by atoms with Crippen molar-refractivity contribution in [2.75, 3.05) is 19.6 Å². The number of likely N-dealkylation sites (N-methyl/N-ethyl adjacent to an activating group) is 1. The molecule has 24 heavy (non-hydrogen) atoms. The van der Waals surface area contributed by atoms with Crippen LogP contribution in [0.15, 0.2) is 24.6 Å². The average molecular weight is 337 g/mol. The van der Waals surface area contributed by atoms with Gasteiger partial charge in [-0.25, -0.2) is 0 Å². The maximum absolute atomic E-state index is 11.1. The van der Waals surface area contributed by atoms with Crippen molar-refractivity contribution in [2.45, 2.75) is 78.3 Å². The number of nitrogens with zero attached hydrogens (tertiary/aromatic N) is 1. The fraction of sp³-hybridized carbons (Fsp3) is 0.750. The Bertz CT molecular complexity index is 406. The van der Waals surface area contributed by atoms with Crippen LogP contribution in [0.4, 0.5) is 0 Å². The summed E-state index contributed by atoms with van der Waals surface area (Å²) in [5.74, 6) is 0.0615. The first-order valence-electron chi connectivity index (χ1n) is 9.80. The Hall–Kier alpha value is -1.29. The molecule has 0 aliphatic carbocycles. The molecule has 2 atom stereocenters. The molecule has 0 spiro atoms. The molecule has 1 rings (SSSR count). The lowest BCUT2D eigenvalue weighted by atomic mass is 10.1. The molecule has 0 bridgehead atoms. The van der Waals surface area contributed by atoms with Gasteiger partial charge >= 0.3 is 0 Å². The van der Waals surface area contributed by atoms with E-state index in [1.165, 1.54) is 51.4 Å². The van der Waals surface area contributed by atoms with Crippen LogP contribution in [0.25, 0.3) is 0 Å². The Morgan fingerprint density at radius 3 is 2.58 bits per heavy atom. The molecule has 2 N–H and O–H groups in total. The highest BCUT2D eigenvalue weighted by molar-refractivity contribution is 5.72. The van der Waals surface area contributed by atoms with Crippen LogP contribution < -0.4 is 10.6 Å². The summed E-state index contributed by atoms with van der Waals surface area (Å²) >= 11 is 0. The van der Waals surface area contributed by atoms with E-state index in [1.54, 1.807) is 6.92 Å². The Labute approximate surface area is 149 Å². The van der Waals surface area contributed by atoms with Crippen LogP contribution in [-0.4, -0.2) is 36.2 Å². The van der Waals surface area contributed by atoms with Crippen molar-refractivity contribution in [1.82, 2.24) is 10.6 Å². The molecule has 4 nitrogen and oxygen atoms in total. The lowest BCUT2D eigenvalue weighted by molar-refractivity contribution is -0.898. The van der Waals surface area contributed by atoms with Gasteiger partial charge in [-0.2, -0.15) is 0 Å². The van der Waals surface area contributed by atoms with E-state index in [0.717, 1.165) is 24.1 Å². The van der Waals surface area contributed by atoms with Crippen molar-refractivity contribution in [3.8, 4) is 0 Å². The number of hydrogen-bond donors (Lipinski definition) is 2. The Morgan fingerprint density at radius 1 is 1.21 bits per heavy atom. The zero-order chi connectivity index (χ0) is 17.7. The second kappa shape index (κ2) is 12.1. The number of rotatable bonds is 13. The van der Waals surface area contributed by atoms with E-state index in [9.17, 15) is 4.79 Å². The van der Waals surface area contributed by atoms with E-state index in [1.807, 2.05) is 0 Å². The second-order valence-electron chi connectivity index (χ2n) is 6.89. The minimum atomic E-state index is 0.0615. The van der Waals surface area contributed by atoms with E-state index in [0.29, 0.717) is 6.17 Å². The minimum Gasteiger partial charge on any atom is -0.351 e. The Balaban J connectivity index is 2.19. The van der Waals surface area contributed by atoms with E-state index < -0.39 is 0 Å². The topological polar surface area (TPSA) is 41.1 Å². The van der Waals surface area contributed by atoms with Crippen LogP contribution in [0.5, 0.6) is 0 Å². The molecule has 1 amide bonds. The zero-order valence-corrected chi connectivity index (χ0v) is 16.0. The maximum atomic E-state index is 11.1. The third-order valence-corrected chi connectivity index (χ3v) is 5.11. The maximum Gasteiger partial charge on any atom is 0.217 e. The molecule has 1 heterocycles. The number of nitrogens with one attached hydrogen (secondary N) is 2. The lowest BCUT2D eigenvalue weighted by Gasteiger charge is -2.37. The molecule has 0 aromatic rings. The molecule has 2 unspecified atom stereocenters. The molecular weight excluding hydrogens is 298 g/mol. The van der Waals surface area contributed by atoms with E-state index in [4.69, 9.17) is 0 Å². The van der Waals surface area contributed by atoms with Gasteiger partial charge in [-0.3, -0.25) is 9.28 Å². The number of allylic oxidation sites excluding steroid dienone is 2. The van der Waals surface area contributed by atoms with Gasteiger partial charge in [0.05, 0.1) is 19.3 Å². The smallest absolute Gasteiger partial charge is 0.217 e. The highest BCUT2D eigenvalue weighted by atomic mass is 16.1. The summed E-state index contributed by atoms with van der Waals surface area (Å²) in [6.45, 7) is 8.70. The van der Waals surface area contributed by atoms with Crippen molar-refractivity contribution < 1.29 is 9.28 Å². The van der Waals surface area contributed by atoms with Crippen molar-refractivity contribution in [3.05, 3.63) is 24.6 Å². The van der Waals surface area contributed by atoms with E-state index >= 15 is 0 Å². The Kier molecular flexibility index (Phi) is 10.5. The van der Waals surface area contributed by atoms with Gasteiger partial charge in [-0.15, -0.1) is 0 Å². The fourth-order valence-electron chi connectivity index (χ4n) is 3.52. The summed E-state index contributed by atoms with van der Waals surface area (Å²) < 4.78 is 0.948. The van der Waals surface area contributed by atoms with Crippen molar-refractivity contribution in [3.63, 3.8) is 0 Å². The number of hydrogen-bond acceptors (Lipinski definition) is 2. The fourth-order valence-corrected chi connectivity index (χ4v) is 3.52. The first-order valence-corrected chi connectivity index (χ1v) is 9.80.